The Bertz CT molecular complexity index is 447. The molecular weight excluding hydrogens is 281 g/mol. The summed E-state index contributed by atoms with van der Waals surface area (Å²) < 4.78 is 0. The van der Waals surface area contributed by atoms with E-state index in [0.717, 1.165) is 6.42 Å². The second-order valence-electron chi connectivity index (χ2n) is 5.52. The molecule has 1 aromatic carbocycles. The first kappa shape index (κ1) is 14.9. The molecule has 1 aromatic rings. The number of hydrogen-bond acceptors (Lipinski definition) is 0. The van der Waals surface area contributed by atoms with Gasteiger partial charge in [-0.15, -0.1) is 5.56 Å². The van der Waals surface area contributed by atoms with Gasteiger partial charge in [0.1, 0.15) is 0 Å². The van der Waals surface area contributed by atoms with E-state index in [4.69, 9.17) is 0 Å². The molecule has 1 aliphatic rings. The van der Waals surface area contributed by atoms with Crippen molar-refractivity contribution in [1.29, 1.82) is 0 Å². The topological polar surface area (TPSA) is 0 Å². The van der Waals surface area contributed by atoms with Crippen molar-refractivity contribution in [3.05, 3.63) is 53.1 Å². The van der Waals surface area contributed by atoms with Crippen LogP contribution in [0.2, 0.25) is 0 Å². The second-order valence-corrected chi connectivity index (χ2v) is 5.52. The van der Waals surface area contributed by atoms with Crippen LogP contribution in [0.5, 0.6) is 0 Å². The van der Waals surface area contributed by atoms with Crippen molar-refractivity contribution in [3.63, 3.8) is 0 Å². The number of rotatable bonds is 1. The van der Waals surface area contributed by atoms with Crippen LogP contribution in [0.1, 0.15) is 38.3 Å². The van der Waals surface area contributed by atoms with Crippen molar-refractivity contribution in [2.75, 3.05) is 0 Å². The van der Waals surface area contributed by atoms with E-state index in [2.05, 4.69) is 64.1 Å². The molecule has 0 aliphatic heterocycles. The molecule has 0 nitrogen and oxygen atoms in total. The van der Waals surface area contributed by atoms with Gasteiger partial charge in [-0.05, 0) is 18.8 Å². The number of hydrogen-bond donors (Lipinski definition) is 0. The number of benzene rings is 1. The molecular formula is C16H19Y-. The van der Waals surface area contributed by atoms with Crippen LogP contribution in [-0.4, -0.2) is 0 Å². The zero-order valence-electron chi connectivity index (χ0n) is 11.2. The van der Waals surface area contributed by atoms with E-state index in [1.165, 1.54) is 22.3 Å². The molecule has 0 aromatic heterocycles. The van der Waals surface area contributed by atoms with E-state index in [0.29, 0.717) is 0 Å². The molecule has 0 spiro atoms. The van der Waals surface area contributed by atoms with Crippen molar-refractivity contribution >= 4 is 5.57 Å². The minimum atomic E-state index is 0. The standard InChI is InChI=1S/C16H19.Y/c1-12-5-7-14(8-6-12)15-9-13(2)10-16(3,4)11-15;/h5,7-9,11H,10H2,1-4H3;/q-1;. The summed E-state index contributed by atoms with van der Waals surface area (Å²) in [7, 11) is 0. The predicted molar refractivity (Wildman–Crippen MR) is 70.1 cm³/mol. The molecule has 0 fully saturated rings. The summed E-state index contributed by atoms with van der Waals surface area (Å²) in [6.45, 7) is 8.87. The van der Waals surface area contributed by atoms with Gasteiger partial charge in [0.25, 0.3) is 0 Å². The Balaban J connectivity index is 0.00000144. The summed E-state index contributed by atoms with van der Waals surface area (Å²) in [6.07, 6.45) is 5.83. The van der Waals surface area contributed by atoms with Crippen LogP contribution in [0, 0.1) is 18.4 Å². The first-order valence-corrected chi connectivity index (χ1v) is 5.85. The first-order chi connectivity index (χ1) is 7.46. The van der Waals surface area contributed by atoms with E-state index in [1.54, 1.807) is 0 Å². The van der Waals surface area contributed by atoms with Crippen LogP contribution in [0.15, 0.2) is 35.9 Å². The minimum Gasteiger partial charge on any atom is -0.180 e. The molecule has 87 valence electrons. The number of allylic oxidation sites excluding steroid dienone is 4. The molecule has 17 heavy (non-hydrogen) atoms. The number of aryl methyl sites for hydroxylation is 1. The van der Waals surface area contributed by atoms with Crippen LogP contribution in [0.3, 0.4) is 0 Å². The molecule has 0 bridgehead atoms. The fraction of sp³-hybridized carbons (Fsp3) is 0.375. The second kappa shape index (κ2) is 5.63. The average molecular weight is 300 g/mol. The van der Waals surface area contributed by atoms with Gasteiger partial charge in [0, 0.05) is 32.7 Å². The molecule has 0 heterocycles. The molecule has 2 rings (SSSR count). The zero-order valence-corrected chi connectivity index (χ0v) is 14.0. The maximum atomic E-state index is 3.27. The van der Waals surface area contributed by atoms with Crippen LogP contribution in [-0.2, 0) is 32.7 Å². The maximum absolute atomic E-state index is 3.27. The van der Waals surface area contributed by atoms with Gasteiger partial charge in [0.05, 0.1) is 0 Å². The van der Waals surface area contributed by atoms with Crippen LogP contribution in [0.25, 0.3) is 5.57 Å². The van der Waals surface area contributed by atoms with Gasteiger partial charge in [-0.2, -0.15) is 29.8 Å². The van der Waals surface area contributed by atoms with E-state index in [-0.39, 0.29) is 38.1 Å². The van der Waals surface area contributed by atoms with Gasteiger partial charge in [-0.25, -0.2) is 0 Å². The fourth-order valence-corrected chi connectivity index (χ4v) is 2.40. The summed E-state index contributed by atoms with van der Waals surface area (Å²) in [5, 5.41) is 0. The van der Waals surface area contributed by atoms with Crippen molar-refractivity contribution < 1.29 is 32.7 Å². The smallest absolute Gasteiger partial charge is 0 e. The summed E-state index contributed by atoms with van der Waals surface area (Å²) >= 11 is 0. The van der Waals surface area contributed by atoms with E-state index < -0.39 is 0 Å². The fourth-order valence-electron chi connectivity index (χ4n) is 2.40. The Labute approximate surface area is 130 Å². The molecule has 0 unspecified atom stereocenters. The molecule has 0 N–H and O–H groups in total. The molecule has 1 aliphatic carbocycles. The van der Waals surface area contributed by atoms with Gasteiger partial charge in [0.2, 0.25) is 0 Å². The Morgan fingerprint density at radius 1 is 1.18 bits per heavy atom. The molecule has 1 radical (unpaired) electrons. The van der Waals surface area contributed by atoms with Gasteiger partial charge in [0.15, 0.2) is 0 Å². The van der Waals surface area contributed by atoms with Crippen molar-refractivity contribution in [2.24, 2.45) is 5.41 Å². The Kier molecular flexibility index (Phi) is 4.92. The summed E-state index contributed by atoms with van der Waals surface area (Å²) in [5.74, 6) is 0. The summed E-state index contributed by atoms with van der Waals surface area (Å²) in [4.78, 5) is 0. The quantitative estimate of drug-likeness (QED) is 0.667. The zero-order chi connectivity index (χ0) is 11.8. The van der Waals surface area contributed by atoms with Gasteiger partial charge in [-0.1, -0.05) is 44.1 Å². The van der Waals surface area contributed by atoms with Crippen LogP contribution >= 0.6 is 0 Å². The van der Waals surface area contributed by atoms with Crippen molar-refractivity contribution in [3.8, 4) is 0 Å². The van der Waals surface area contributed by atoms with Gasteiger partial charge < -0.3 is 0 Å². The first-order valence-electron chi connectivity index (χ1n) is 5.85. The minimum absolute atomic E-state index is 0. The third-order valence-corrected chi connectivity index (χ3v) is 2.98. The summed E-state index contributed by atoms with van der Waals surface area (Å²) in [6, 6.07) is 9.67. The van der Waals surface area contributed by atoms with Gasteiger partial charge in [-0.3, -0.25) is 0 Å². The summed E-state index contributed by atoms with van der Waals surface area (Å²) in [5.41, 5.74) is 5.55. The van der Waals surface area contributed by atoms with Crippen molar-refractivity contribution in [2.45, 2.75) is 34.1 Å². The molecule has 1 heteroatoms. The largest absolute Gasteiger partial charge is 0.180 e. The maximum Gasteiger partial charge on any atom is 0 e. The molecule has 0 atom stereocenters. The third-order valence-electron chi connectivity index (χ3n) is 2.98. The predicted octanol–water partition coefficient (Wildman–Crippen LogP) is 4.55. The Hall–Kier alpha value is -0.196. The van der Waals surface area contributed by atoms with E-state index in [1.807, 2.05) is 0 Å². The van der Waals surface area contributed by atoms with Crippen LogP contribution in [0.4, 0.5) is 0 Å². The van der Waals surface area contributed by atoms with Gasteiger partial charge >= 0.3 is 0 Å². The monoisotopic (exact) mass is 300 g/mol. The Morgan fingerprint density at radius 2 is 1.88 bits per heavy atom. The Morgan fingerprint density at radius 3 is 2.41 bits per heavy atom. The molecule has 0 saturated carbocycles. The SMILES string of the molecule is CC1=CC(c2c[c-]c(C)cc2)=CC(C)(C)C1.[Y]. The molecule has 0 saturated heterocycles. The average Bonchev–Trinajstić information content (AvgIpc) is 2.15. The van der Waals surface area contributed by atoms with Crippen molar-refractivity contribution in [1.82, 2.24) is 0 Å². The third kappa shape index (κ3) is 3.90. The van der Waals surface area contributed by atoms with E-state index in [9.17, 15) is 0 Å². The molecule has 0 amide bonds. The van der Waals surface area contributed by atoms with E-state index >= 15 is 0 Å². The van der Waals surface area contributed by atoms with Crippen LogP contribution < -0.4 is 0 Å². The normalized spacial score (nSPS) is 17.9.